The number of carbonyl (C=O) groups is 1. The Kier molecular flexibility index (Phi) is 5.42. The number of hydrogen-bond donors (Lipinski definition) is 2. The molecule has 1 unspecified atom stereocenters. The Morgan fingerprint density at radius 2 is 2.31 bits per heavy atom. The van der Waals surface area contributed by atoms with Gasteiger partial charge in [-0.2, -0.15) is 0 Å². The number of carbonyl (C=O) groups excluding carboxylic acids is 1. The maximum Gasteiger partial charge on any atom is 0.217 e. The Labute approximate surface area is 95.5 Å². The maximum atomic E-state index is 10.5. The molecule has 0 aliphatic heterocycles. The highest BCUT2D eigenvalue weighted by Gasteiger charge is 2.04. The number of hydrogen-bond acceptors (Lipinski definition) is 4. The van der Waals surface area contributed by atoms with Crippen LogP contribution in [0.3, 0.4) is 0 Å². The van der Waals surface area contributed by atoms with E-state index in [9.17, 15) is 4.79 Å². The molecule has 1 aromatic rings. The van der Waals surface area contributed by atoms with Crippen molar-refractivity contribution < 1.29 is 4.79 Å². The minimum absolute atomic E-state index is 0.183. The van der Waals surface area contributed by atoms with E-state index in [4.69, 9.17) is 5.73 Å². The van der Waals surface area contributed by atoms with Crippen LogP contribution in [0.1, 0.15) is 37.9 Å². The summed E-state index contributed by atoms with van der Waals surface area (Å²) in [5, 5.41) is 3.32. The monoisotopic (exact) mass is 222 g/mol. The largest absolute Gasteiger partial charge is 0.370 e. The fraction of sp³-hybridized carbons (Fsp3) is 0.545. The number of nitrogens with zero attached hydrogens (tertiary/aromatic N) is 2. The van der Waals surface area contributed by atoms with E-state index >= 15 is 0 Å². The average molecular weight is 222 g/mol. The maximum absolute atomic E-state index is 10.5. The van der Waals surface area contributed by atoms with Gasteiger partial charge in [-0.25, -0.2) is 0 Å². The van der Waals surface area contributed by atoms with Crippen molar-refractivity contribution in [2.45, 2.75) is 32.2 Å². The second kappa shape index (κ2) is 6.90. The van der Waals surface area contributed by atoms with Crippen molar-refractivity contribution in [2.75, 3.05) is 6.54 Å². The number of nitrogens with two attached hydrogens (primary N) is 1. The van der Waals surface area contributed by atoms with Crippen LogP contribution in [-0.4, -0.2) is 22.4 Å². The molecule has 0 aliphatic carbocycles. The number of unbranched alkanes of at least 4 members (excludes halogenated alkanes) is 1. The second-order valence-corrected chi connectivity index (χ2v) is 3.73. The van der Waals surface area contributed by atoms with Crippen molar-refractivity contribution in [3.8, 4) is 0 Å². The van der Waals surface area contributed by atoms with Crippen LogP contribution in [0.15, 0.2) is 18.6 Å². The van der Waals surface area contributed by atoms with Gasteiger partial charge in [-0.3, -0.25) is 14.8 Å². The van der Waals surface area contributed by atoms with Gasteiger partial charge in [-0.15, -0.1) is 0 Å². The summed E-state index contributed by atoms with van der Waals surface area (Å²) in [5.74, 6) is -0.234. The summed E-state index contributed by atoms with van der Waals surface area (Å²) in [6.07, 6.45) is 7.31. The SMILES string of the molecule is CC(NCCCCC(N)=O)c1cnccn1. The van der Waals surface area contributed by atoms with Crippen molar-refractivity contribution in [2.24, 2.45) is 5.73 Å². The van der Waals surface area contributed by atoms with Crippen LogP contribution in [-0.2, 0) is 4.79 Å². The molecule has 0 radical (unpaired) electrons. The zero-order valence-corrected chi connectivity index (χ0v) is 9.52. The third-order valence-electron chi connectivity index (χ3n) is 2.33. The zero-order valence-electron chi connectivity index (χ0n) is 9.52. The summed E-state index contributed by atoms with van der Waals surface area (Å²) >= 11 is 0. The van der Waals surface area contributed by atoms with Crippen LogP contribution in [0.4, 0.5) is 0 Å². The molecule has 0 fully saturated rings. The van der Waals surface area contributed by atoms with Gasteiger partial charge >= 0.3 is 0 Å². The Bertz CT molecular complexity index is 315. The van der Waals surface area contributed by atoms with E-state index in [0.717, 1.165) is 25.1 Å². The van der Waals surface area contributed by atoms with Gasteiger partial charge in [-0.05, 0) is 26.3 Å². The van der Waals surface area contributed by atoms with Gasteiger partial charge in [0.25, 0.3) is 0 Å². The number of rotatable bonds is 7. The van der Waals surface area contributed by atoms with Crippen molar-refractivity contribution in [1.82, 2.24) is 15.3 Å². The van der Waals surface area contributed by atoms with Gasteiger partial charge in [-0.1, -0.05) is 0 Å². The first-order valence-electron chi connectivity index (χ1n) is 5.47. The normalized spacial score (nSPS) is 12.3. The highest BCUT2D eigenvalue weighted by molar-refractivity contribution is 5.73. The molecule has 0 aliphatic rings. The molecule has 5 heteroatoms. The van der Waals surface area contributed by atoms with Crippen LogP contribution in [0.5, 0.6) is 0 Å². The molecule has 1 amide bonds. The predicted molar refractivity (Wildman–Crippen MR) is 61.5 cm³/mol. The predicted octanol–water partition coefficient (Wildman–Crippen LogP) is 0.783. The zero-order chi connectivity index (χ0) is 11.8. The lowest BCUT2D eigenvalue weighted by Gasteiger charge is -2.12. The molecule has 3 N–H and O–H groups in total. The molecular weight excluding hydrogens is 204 g/mol. The number of nitrogens with one attached hydrogen (secondary N) is 1. The molecule has 0 saturated carbocycles. The molecule has 0 spiro atoms. The van der Waals surface area contributed by atoms with Crippen LogP contribution < -0.4 is 11.1 Å². The highest BCUT2D eigenvalue weighted by atomic mass is 16.1. The topological polar surface area (TPSA) is 80.9 Å². The summed E-state index contributed by atoms with van der Waals surface area (Å²) < 4.78 is 0. The summed E-state index contributed by atoms with van der Waals surface area (Å²) in [6, 6.07) is 0.183. The van der Waals surface area contributed by atoms with Crippen LogP contribution >= 0.6 is 0 Å². The Balaban J connectivity index is 2.16. The average Bonchev–Trinajstić information content (AvgIpc) is 2.29. The first-order valence-corrected chi connectivity index (χ1v) is 5.47. The number of primary amides is 1. The van der Waals surface area contributed by atoms with E-state index in [1.165, 1.54) is 0 Å². The molecule has 1 aromatic heterocycles. The lowest BCUT2D eigenvalue weighted by molar-refractivity contribution is -0.118. The molecule has 0 aromatic carbocycles. The second-order valence-electron chi connectivity index (χ2n) is 3.73. The Morgan fingerprint density at radius 3 is 2.94 bits per heavy atom. The van der Waals surface area contributed by atoms with E-state index in [2.05, 4.69) is 15.3 Å². The van der Waals surface area contributed by atoms with Gasteiger partial charge in [0.05, 0.1) is 5.69 Å². The van der Waals surface area contributed by atoms with Crippen molar-refractivity contribution in [3.05, 3.63) is 24.3 Å². The summed E-state index contributed by atoms with van der Waals surface area (Å²) in [7, 11) is 0. The lowest BCUT2D eigenvalue weighted by atomic mass is 10.2. The summed E-state index contributed by atoms with van der Waals surface area (Å²) in [6.45, 7) is 2.89. The molecule has 88 valence electrons. The van der Waals surface area contributed by atoms with Crippen LogP contribution in [0.2, 0.25) is 0 Å². The van der Waals surface area contributed by atoms with Gasteiger partial charge < -0.3 is 11.1 Å². The smallest absolute Gasteiger partial charge is 0.217 e. The fourth-order valence-electron chi connectivity index (χ4n) is 1.38. The van der Waals surface area contributed by atoms with E-state index < -0.39 is 0 Å². The van der Waals surface area contributed by atoms with Crippen molar-refractivity contribution in [1.29, 1.82) is 0 Å². The minimum Gasteiger partial charge on any atom is -0.370 e. The summed E-state index contributed by atoms with van der Waals surface area (Å²) in [5.41, 5.74) is 5.98. The standard InChI is InChI=1S/C11H18N4O/c1-9(10-8-13-6-7-15-10)14-5-3-2-4-11(12)16/h6-9,14H,2-5H2,1H3,(H2,12,16). The Morgan fingerprint density at radius 1 is 1.50 bits per heavy atom. The van der Waals surface area contributed by atoms with Gasteiger partial charge in [0, 0.05) is 31.1 Å². The highest BCUT2D eigenvalue weighted by Crippen LogP contribution is 2.06. The van der Waals surface area contributed by atoms with Gasteiger partial charge in [0.15, 0.2) is 0 Å². The van der Waals surface area contributed by atoms with E-state index in [1.807, 2.05) is 6.92 Å². The quantitative estimate of drug-likeness (QED) is 0.668. The lowest BCUT2D eigenvalue weighted by Crippen LogP contribution is -2.21. The molecule has 0 saturated heterocycles. The first-order chi connectivity index (χ1) is 7.70. The molecule has 0 bridgehead atoms. The van der Waals surface area contributed by atoms with Crippen molar-refractivity contribution >= 4 is 5.91 Å². The number of aromatic nitrogens is 2. The van der Waals surface area contributed by atoms with E-state index in [0.29, 0.717) is 6.42 Å². The van der Waals surface area contributed by atoms with Crippen LogP contribution in [0.25, 0.3) is 0 Å². The number of amides is 1. The minimum atomic E-state index is -0.234. The third kappa shape index (κ3) is 4.84. The van der Waals surface area contributed by atoms with Gasteiger partial charge in [0.2, 0.25) is 5.91 Å². The first kappa shape index (κ1) is 12.6. The molecule has 1 heterocycles. The molecule has 1 rings (SSSR count). The Hall–Kier alpha value is -1.49. The molecule has 5 nitrogen and oxygen atoms in total. The fourth-order valence-corrected chi connectivity index (χ4v) is 1.38. The van der Waals surface area contributed by atoms with Crippen LogP contribution in [0, 0.1) is 0 Å². The molecular formula is C11H18N4O. The van der Waals surface area contributed by atoms with E-state index in [-0.39, 0.29) is 11.9 Å². The third-order valence-corrected chi connectivity index (χ3v) is 2.33. The molecule has 1 atom stereocenters. The summed E-state index contributed by atoms with van der Waals surface area (Å²) in [4.78, 5) is 18.7. The van der Waals surface area contributed by atoms with E-state index in [1.54, 1.807) is 18.6 Å². The van der Waals surface area contributed by atoms with Gasteiger partial charge in [0.1, 0.15) is 0 Å². The molecule has 16 heavy (non-hydrogen) atoms. The van der Waals surface area contributed by atoms with Crippen molar-refractivity contribution in [3.63, 3.8) is 0 Å².